The van der Waals surface area contributed by atoms with Gasteiger partial charge in [-0.2, -0.15) is 5.10 Å². The van der Waals surface area contributed by atoms with Crippen molar-refractivity contribution in [3.63, 3.8) is 0 Å². The summed E-state index contributed by atoms with van der Waals surface area (Å²) < 4.78 is 12.5. The number of anilines is 1. The van der Waals surface area contributed by atoms with Gasteiger partial charge in [-0.05, 0) is 43.9 Å². The van der Waals surface area contributed by atoms with Gasteiger partial charge in [0.05, 0.1) is 26.0 Å². The van der Waals surface area contributed by atoms with E-state index in [4.69, 9.17) is 14.6 Å². The Morgan fingerprint density at radius 2 is 2.20 bits per heavy atom. The number of nitrogens with zero attached hydrogens (tertiary/aromatic N) is 2. The molecule has 1 heterocycles. The van der Waals surface area contributed by atoms with Crippen LogP contribution in [0.5, 0.6) is 11.5 Å². The lowest BCUT2D eigenvalue weighted by atomic mass is 10.2. The van der Waals surface area contributed by atoms with Crippen molar-refractivity contribution in [1.82, 2.24) is 9.78 Å². The minimum absolute atomic E-state index is 0.113. The second-order valence-electron chi connectivity index (χ2n) is 6.13. The largest absolute Gasteiger partial charge is 0.493 e. The first-order valence-electron chi connectivity index (χ1n) is 8.40. The molecule has 1 fully saturated rings. The summed E-state index contributed by atoms with van der Waals surface area (Å²) >= 11 is 0. The zero-order chi connectivity index (χ0) is 17.8. The van der Waals surface area contributed by atoms with Crippen LogP contribution >= 0.6 is 0 Å². The number of nitrogens with one attached hydrogen (secondary N) is 1. The van der Waals surface area contributed by atoms with Crippen molar-refractivity contribution in [1.29, 1.82) is 0 Å². The van der Waals surface area contributed by atoms with Crippen LogP contribution in [-0.2, 0) is 0 Å². The first-order valence-corrected chi connectivity index (χ1v) is 8.40. The van der Waals surface area contributed by atoms with Gasteiger partial charge in [0.1, 0.15) is 12.4 Å². The maximum atomic E-state index is 12.6. The number of hydrogen-bond donors (Lipinski definition) is 2. The Hall–Kier alpha value is -2.54. The van der Waals surface area contributed by atoms with E-state index < -0.39 is 0 Å². The summed E-state index contributed by atoms with van der Waals surface area (Å²) in [6, 6.07) is 7.01. The van der Waals surface area contributed by atoms with Gasteiger partial charge in [0.2, 0.25) is 0 Å². The second-order valence-corrected chi connectivity index (χ2v) is 6.13. The summed E-state index contributed by atoms with van der Waals surface area (Å²) in [4.78, 5) is 12.6. The molecule has 0 radical (unpaired) electrons. The number of rotatable bonds is 8. The Morgan fingerprint density at radius 1 is 1.40 bits per heavy atom. The molecule has 3 rings (SSSR count). The summed E-state index contributed by atoms with van der Waals surface area (Å²) in [6.07, 6.45) is 4.11. The highest BCUT2D eigenvalue weighted by Crippen LogP contribution is 2.40. The molecule has 1 saturated carbocycles. The van der Waals surface area contributed by atoms with Gasteiger partial charge in [-0.15, -0.1) is 0 Å². The van der Waals surface area contributed by atoms with E-state index in [0.29, 0.717) is 28.8 Å². The molecule has 1 aromatic heterocycles. The summed E-state index contributed by atoms with van der Waals surface area (Å²) in [5, 5.41) is 16.2. The molecule has 1 aromatic carbocycles. The van der Waals surface area contributed by atoms with Gasteiger partial charge in [0, 0.05) is 11.6 Å². The Balaban J connectivity index is 1.76. The van der Waals surface area contributed by atoms with Crippen LogP contribution in [0.3, 0.4) is 0 Å². The van der Waals surface area contributed by atoms with Crippen molar-refractivity contribution in [2.45, 2.75) is 25.8 Å². The molecule has 134 valence electrons. The van der Waals surface area contributed by atoms with E-state index in [0.717, 1.165) is 0 Å². The highest BCUT2D eigenvalue weighted by atomic mass is 16.5. The van der Waals surface area contributed by atoms with Crippen LogP contribution in [0.1, 0.15) is 36.2 Å². The highest BCUT2D eigenvalue weighted by molar-refractivity contribution is 6.04. The number of amides is 1. The molecule has 0 spiro atoms. The number of aliphatic hydroxyl groups excluding tert-OH is 1. The summed E-state index contributed by atoms with van der Waals surface area (Å²) in [7, 11) is 1.53. The average molecular weight is 345 g/mol. The SMILES string of the molecule is COc1ccc(C(=O)Nc2ccnn2[C@@H](C)C2CC2)cc1OCCO. The van der Waals surface area contributed by atoms with Crippen LogP contribution < -0.4 is 14.8 Å². The van der Waals surface area contributed by atoms with E-state index in [1.165, 1.54) is 20.0 Å². The molecule has 1 amide bonds. The van der Waals surface area contributed by atoms with E-state index in [9.17, 15) is 4.79 Å². The molecule has 7 heteroatoms. The highest BCUT2D eigenvalue weighted by Gasteiger charge is 2.30. The van der Waals surface area contributed by atoms with E-state index in [1.807, 2.05) is 4.68 Å². The van der Waals surface area contributed by atoms with Gasteiger partial charge in [-0.3, -0.25) is 4.79 Å². The number of methoxy groups -OCH3 is 1. The zero-order valence-electron chi connectivity index (χ0n) is 14.4. The van der Waals surface area contributed by atoms with Crippen LogP contribution in [0.15, 0.2) is 30.5 Å². The monoisotopic (exact) mass is 345 g/mol. The molecule has 0 aliphatic heterocycles. The maximum absolute atomic E-state index is 12.6. The van der Waals surface area contributed by atoms with Crippen LogP contribution in [0.4, 0.5) is 5.82 Å². The first kappa shape index (κ1) is 17.3. The van der Waals surface area contributed by atoms with Crippen LogP contribution in [0.2, 0.25) is 0 Å². The van der Waals surface area contributed by atoms with E-state index >= 15 is 0 Å². The molecule has 2 N–H and O–H groups in total. The molecular weight excluding hydrogens is 322 g/mol. The van der Waals surface area contributed by atoms with E-state index in [-0.39, 0.29) is 25.2 Å². The van der Waals surface area contributed by atoms with Crippen molar-refractivity contribution < 1.29 is 19.4 Å². The van der Waals surface area contributed by atoms with Gasteiger partial charge in [0.25, 0.3) is 5.91 Å². The molecule has 0 unspecified atom stereocenters. The first-order chi connectivity index (χ1) is 12.1. The molecule has 25 heavy (non-hydrogen) atoms. The molecule has 1 atom stereocenters. The Kier molecular flexibility index (Phi) is 5.23. The fourth-order valence-electron chi connectivity index (χ4n) is 2.79. The van der Waals surface area contributed by atoms with Crippen molar-refractivity contribution in [3.8, 4) is 11.5 Å². The van der Waals surface area contributed by atoms with Gasteiger partial charge in [0.15, 0.2) is 11.5 Å². The van der Waals surface area contributed by atoms with Crippen LogP contribution in [-0.4, -0.2) is 41.1 Å². The zero-order valence-corrected chi connectivity index (χ0v) is 14.4. The smallest absolute Gasteiger partial charge is 0.256 e. The molecular formula is C18H23N3O4. The fourth-order valence-corrected chi connectivity index (χ4v) is 2.79. The number of aliphatic hydroxyl groups is 1. The molecule has 1 aliphatic carbocycles. The summed E-state index contributed by atoms with van der Waals surface area (Å²) in [6.45, 7) is 2.14. The van der Waals surface area contributed by atoms with Crippen molar-refractivity contribution in [2.24, 2.45) is 5.92 Å². The third-order valence-electron chi connectivity index (χ3n) is 4.38. The Bertz CT molecular complexity index is 740. The predicted octanol–water partition coefficient (Wildman–Crippen LogP) is 2.49. The quantitative estimate of drug-likeness (QED) is 0.768. The van der Waals surface area contributed by atoms with Crippen LogP contribution in [0.25, 0.3) is 0 Å². The summed E-state index contributed by atoms with van der Waals surface area (Å²) in [5.74, 6) is 2.00. The average Bonchev–Trinajstić information content (AvgIpc) is 3.38. The number of benzene rings is 1. The molecule has 1 aliphatic rings. The molecule has 0 saturated heterocycles. The second kappa shape index (κ2) is 7.57. The number of carbonyl (C=O) groups is 1. The minimum Gasteiger partial charge on any atom is -0.493 e. The van der Waals surface area contributed by atoms with Crippen molar-refractivity contribution >= 4 is 11.7 Å². The third kappa shape index (κ3) is 3.93. The minimum atomic E-state index is -0.249. The standard InChI is InChI=1S/C18H23N3O4/c1-12(13-3-4-13)21-17(7-8-19-21)20-18(23)14-5-6-15(24-2)16(11-14)25-10-9-22/h5-8,11-13,22H,3-4,9-10H2,1-2H3,(H,20,23)/t12-/m0/s1. The number of ether oxygens (including phenoxy) is 2. The lowest BCUT2D eigenvalue weighted by Crippen LogP contribution is -2.18. The lowest BCUT2D eigenvalue weighted by Gasteiger charge is -2.16. The fraction of sp³-hybridized carbons (Fsp3) is 0.444. The molecule has 2 aromatic rings. The van der Waals surface area contributed by atoms with Crippen molar-refractivity contribution in [2.75, 3.05) is 25.6 Å². The van der Waals surface area contributed by atoms with E-state index in [2.05, 4.69) is 17.3 Å². The Labute approximate surface area is 146 Å². The van der Waals surface area contributed by atoms with Gasteiger partial charge >= 0.3 is 0 Å². The predicted molar refractivity (Wildman–Crippen MR) is 93.2 cm³/mol. The van der Waals surface area contributed by atoms with Gasteiger partial charge < -0.3 is 19.9 Å². The number of carbonyl (C=O) groups excluding carboxylic acids is 1. The van der Waals surface area contributed by atoms with E-state index in [1.54, 1.807) is 30.5 Å². The maximum Gasteiger partial charge on any atom is 0.256 e. The molecule has 0 bridgehead atoms. The lowest BCUT2D eigenvalue weighted by molar-refractivity contribution is 0.102. The Morgan fingerprint density at radius 3 is 2.88 bits per heavy atom. The topological polar surface area (TPSA) is 85.6 Å². The van der Waals surface area contributed by atoms with Gasteiger partial charge in [-0.25, -0.2) is 4.68 Å². The normalized spacial score (nSPS) is 14.8. The van der Waals surface area contributed by atoms with Crippen LogP contribution in [0, 0.1) is 5.92 Å². The van der Waals surface area contributed by atoms with Gasteiger partial charge in [-0.1, -0.05) is 0 Å². The summed E-state index contributed by atoms with van der Waals surface area (Å²) in [5.41, 5.74) is 0.445. The third-order valence-corrected chi connectivity index (χ3v) is 4.38. The van der Waals surface area contributed by atoms with Crippen molar-refractivity contribution in [3.05, 3.63) is 36.0 Å². The number of hydrogen-bond acceptors (Lipinski definition) is 5. The number of aromatic nitrogens is 2. The molecule has 7 nitrogen and oxygen atoms in total.